The first kappa shape index (κ1) is 24.3. The second-order valence-electron chi connectivity index (χ2n) is 8.22. The predicted molar refractivity (Wildman–Crippen MR) is 121 cm³/mol. The number of hydrogen-bond donors (Lipinski definition) is 2. The van der Waals surface area contributed by atoms with Gasteiger partial charge in [0.25, 0.3) is 5.91 Å². The van der Waals surface area contributed by atoms with Crippen LogP contribution in [0.3, 0.4) is 0 Å². The number of benzene rings is 2. The number of nitrogens with zero attached hydrogens (tertiary/aromatic N) is 2. The van der Waals surface area contributed by atoms with Crippen molar-refractivity contribution in [2.24, 2.45) is 11.7 Å². The molecule has 0 spiro atoms. The molecule has 1 heterocycles. The summed E-state index contributed by atoms with van der Waals surface area (Å²) in [5, 5.41) is 4.02. The number of nitrogens with two attached hydrogens (primary N) is 1. The number of amides is 2. The van der Waals surface area contributed by atoms with Gasteiger partial charge in [0.1, 0.15) is 23.9 Å². The molecular formula is C24H29F2N4O3+. The second kappa shape index (κ2) is 10.1. The van der Waals surface area contributed by atoms with Crippen molar-refractivity contribution in [2.75, 3.05) is 13.1 Å². The molecule has 0 radical (unpaired) electrons. The van der Waals surface area contributed by atoms with Gasteiger partial charge in [-0.15, -0.1) is 5.01 Å². The number of hydrogen-bond acceptors (Lipinski definition) is 4. The van der Waals surface area contributed by atoms with Crippen LogP contribution in [0.5, 0.6) is 0 Å². The van der Waals surface area contributed by atoms with E-state index >= 15 is 0 Å². The van der Waals surface area contributed by atoms with Crippen LogP contribution in [-0.2, 0) is 14.4 Å². The normalized spacial score (nSPS) is 18.6. The lowest BCUT2D eigenvalue weighted by atomic mass is 10.0. The van der Waals surface area contributed by atoms with Crippen LogP contribution in [0, 0.1) is 17.6 Å². The van der Waals surface area contributed by atoms with Crippen molar-refractivity contribution in [3.8, 4) is 0 Å². The SMILES string of the molecule is CC(=O)N[C@H](C(=O)N1C=C(c2cc(F)ccc2F)O[N+]1(CCCN)c1ccccc1)C(C)C. The zero-order chi connectivity index (χ0) is 24.2. The minimum absolute atomic E-state index is 0.00782. The zero-order valence-electron chi connectivity index (χ0n) is 18.9. The summed E-state index contributed by atoms with van der Waals surface area (Å²) >= 11 is 0. The molecular weight excluding hydrogens is 430 g/mol. The van der Waals surface area contributed by atoms with Crippen LogP contribution in [-0.4, -0.2) is 36.0 Å². The van der Waals surface area contributed by atoms with E-state index in [9.17, 15) is 18.4 Å². The summed E-state index contributed by atoms with van der Waals surface area (Å²) in [7, 11) is 0. The molecule has 2 amide bonds. The number of rotatable bonds is 8. The highest BCUT2D eigenvalue weighted by molar-refractivity contribution is 5.89. The summed E-state index contributed by atoms with van der Waals surface area (Å²) < 4.78 is 28.1. The Kier molecular flexibility index (Phi) is 7.45. The van der Waals surface area contributed by atoms with Crippen LogP contribution >= 0.6 is 0 Å². The molecule has 1 aliphatic heterocycles. The summed E-state index contributed by atoms with van der Waals surface area (Å²) in [6.45, 7) is 5.52. The first-order valence-electron chi connectivity index (χ1n) is 10.8. The number of hydroxylamine groups is 1. The lowest BCUT2D eigenvalue weighted by molar-refractivity contribution is -0.196. The van der Waals surface area contributed by atoms with E-state index in [-0.39, 0.29) is 29.7 Å². The Morgan fingerprint density at radius 3 is 2.45 bits per heavy atom. The van der Waals surface area contributed by atoms with Gasteiger partial charge in [-0.3, -0.25) is 14.4 Å². The number of carbonyl (C=O) groups is 2. The van der Waals surface area contributed by atoms with Crippen LogP contribution < -0.4 is 15.8 Å². The van der Waals surface area contributed by atoms with Crippen molar-refractivity contribution in [3.63, 3.8) is 0 Å². The molecule has 2 aromatic carbocycles. The smallest absolute Gasteiger partial charge is 0.299 e. The summed E-state index contributed by atoms with van der Waals surface area (Å²) in [6, 6.07) is 11.1. The van der Waals surface area contributed by atoms with Crippen molar-refractivity contribution in [2.45, 2.75) is 33.2 Å². The van der Waals surface area contributed by atoms with Gasteiger partial charge in [0, 0.05) is 25.5 Å². The lowest BCUT2D eigenvalue weighted by Gasteiger charge is -2.37. The maximum absolute atomic E-state index is 14.6. The van der Waals surface area contributed by atoms with Crippen molar-refractivity contribution >= 4 is 23.3 Å². The first-order valence-corrected chi connectivity index (χ1v) is 10.8. The van der Waals surface area contributed by atoms with E-state index in [1.165, 1.54) is 18.1 Å². The molecule has 3 rings (SSSR count). The largest absolute Gasteiger partial charge is 0.344 e. The molecule has 176 valence electrons. The average Bonchev–Trinajstić information content (AvgIpc) is 3.18. The molecule has 9 heteroatoms. The van der Waals surface area contributed by atoms with Crippen LogP contribution in [0.15, 0.2) is 54.7 Å². The first-order chi connectivity index (χ1) is 15.7. The molecule has 0 bridgehead atoms. The van der Waals surface area contributed by atoms with Gasteiger partial charge in [-0.1, -0.05) is 32.0 Å². The molecule has 0 aliphatic carbocycles. The average molecular weight is 460 g/mol. The van der Waals surface area contributed by atoms with Gasteiger partial charge in [0.2, 0.25) is 17.4 Å². The predicted octanol–water partition coefficient (Wildman–Crippen LogP) is 3.47. The van der Waals surface area contributed by atoms with E-state index in [1.54, 1.807) is 24.3 Å². The Labute approximate surface area is 191 Å². The maximum Gasteiger partial charge on any atom is 0.299 e. The third-order valence-electron chi connectivity index (χ3n) is 5.37. The van der Waals surface area contributed by atoms with Crippen LogP contribution in [0.25, 0.3) is 5.76 Å². The lowest BCUT2D eigenvalue weighted by Crippen LogP contribution is -2.63. The summed E-state index contributed by atoms with van der Waals surface area (Å²) in [5.74, 6) is -2.39. The van der Waals surface area contributed by atoms with Gasteiger partial charge in [0.05, 0.1) is 5.56 Å². The number of halogens is 2. The summed E-state index contributed by atoms with van der Waals surface area (Å²) in [4.78, 5) is 31.8. The Morgan fingerprint density at radius 1 is 1.15 bits per heavy atom. The van der Waals surface area contributed by atoms with Crippen molar-refractivity contribution < 1.29 is 23.2 Å². The minimum Gasteiger partial charge on any atom is -0.344 e. The van der Waals surface area contributed by atoms with Crippen LogP contribution in [0.1, 0.15) is 32.8 Å². The van der Waals surface area contributed by atoms with Crippen LogP contribution in [0.4, 0.5) is 14.5 Å². The molecule has 0 saturated heterocycles. The van der Waals surface area contributed by atoms with Gasteiger partial charge in [-0.2, -0.15) is 0 Å². The number of quaternary nitrogens is 1. The third kappa shape index (κ3) is 5.04. The maximum atomic E-state index is 14.6. The van der Waals surface area contributed by atoms with Gasteiger partial charge < -0.3 is 11.1 Å². The fraction of sp³-hybridized carbons (Fsp3) is 0.333. The number of para-hydroxylation sites is 1. The molecule has 2 atom stereocenters. The van der Waals surface area contributed by atoms with E-state index in [2.05, 4.69) is 5.32 Å². The zero-order valence-corrected chi connectivity index (χ0v) is 18.9. The number of nitrogens with one attached hydrogen (secondary N) is 1. The van der Waals surface area contributed by atoms with E-state index in [1.807, 2.05) is 19.9 Å². The van der Waals surface area contributed by atoms with Crippen molar-refractivity contribution in [3.05, 3.63) is 71.9 Å². The topological polar surface area (TPSA) is 84.7 Å². The Balaban J connectivity index is 2.18. The molecule has 0 saturated carbocycles. The van der Waals surface area contributed by atoms with Gasteiger partial charge in [-0.25, -0.2) is 8.78 Å². The molecule has 33 heavy (non-hydrogen) atoms. The molecule has 3 N–H and O–H groups in total. The Hall–Kier alpha value is -3.30. The molecule has 0 aromatic heterocycles. The fourth-order valence-corrected chi connectivity index (χ4v) is 3.76. The van der Waals surface area contributed by atoms with Gasteiger partial charge in [-0.05, 0) is 35.4 Å². The van der Waals surface area contributed by atoms with Crippen LogP contribution in [0.2, 0.25) is 0 Å². The minimum atomic E-state index is -0.863. The fourth-order valence-electron chi connectivity index (χ4n) is 3.76. The highest BCUT2D eigenvalue weighted by Crippen LogP contribution is 2.39. The summed E-state index contributed by atoms with van der Waals surface area (Å²) in [6.07, 6.45) is 1.83. The number of carbonyl (C=O) groups excluding carboxylic acids is 2. The molecule has 2 aromatic rings. The highest BCUT2D eigenvalue weighted by atomic mass is 19.1. The highest BCUT2D eigenvalue weighted by Gasteiger charge is 2.52. The van der Waals surface area contributed by atoms with E-state index < -0.39 is 28.3 Å². The van der Waals surface area contributed by atoms with Crippen molar-refractivity contribution in [1.29, 1.82) is 0 Å². The molecule has 1 aliphatic rings. The quantitative estimate of drug-likeness (QED) is 0.592. The second-order valence-corrected chi connectivity index (χ2v) is 8.22. The molecule has 0 fully saturated rings. The third-order valence-corrected chi connectivity index (χ3v) is 5.37. The van der Waals surface area contributed by atoms with Gasteiger partial charge in [0.15, 0.2) is 6.54 Å². The summed E-state index contributed by atoms with van der Waals surface area (Å²) in [5.41, 5.74) is 6.25. The van der Waals surface area contributed by atoms with E-state index in [0.717, 1.165) is 18.2 Å². The molecule has 7 nitrogen and oxygen atoms in total. The molecule has 1 unspecified atom stereocenters. The standard InChI is InChI=1S/C24H28F2N4O3/c1-16(2)23(28-17(3)31)24(32)29-15-22(20-14-18(25)10-11-21(20)26)33-30(29,13-7-12-27)19-8-5-4-6-9-19/h4-6,8-11,14-16,23H,7,12-13,27H2,1-3H3/p+1/t23-,30?/m0/s1. The van der Waals surface area contributed by atoms with Crippen molar-refractivity contribution in [1.82, 2.24) is 15.1 Å². The Morgan fingerprint density at radius 2 is 1.85 bits per heavy atom. The Bertz CT molecular complexity index is 1050. The monoisotopic (exact) mass is 459 g/mol. The van der Waals surface area contributed by atoms with Gasteiger partial charge >= 0.3 is 0 Å². The van der Waals surface area contributed by atoms with E-state index in [4.69, 9.17) is 10.6 Å². The van der Waals surface area contributed by atoms with E-state index in [0.29, 0.717) is 18.7 Å².